The first kappa shape index (κ1) is 32.8. The van der Waals surface area contributed by atoms with Crippen LogP contribution in [0.25, 0.3) is 88.4 Å². The number of hydrogen-bond acceptors (Lipinski definition) is 3. The Kier molecular flexibility index (Phi) is 7.82. The summed E-state index contributed by atoms with van der Waals surface area (Å²) in [5.74, 6) is 0. The quantitative estimate of drug-likeness (QED) is 0.164. The van der Waals surface area contributed by atoms with Crippen molar-refractivity contribution in [3.63, 3.8) is 0 Å². The predicted molar refractivity (Wildman–Crippen MR) is 237 cm³/mol. The Morgan fingerprint density at radius 1 is 0.281 bits per heavy atom. The van der Waals surface area contributed by atoms with Crippen LogP contribution in [0.2, 0.25) is 0 Å². The molecule has 0 amide bonds. The minimum absolute atomic E-state index is 0.857. The maximum atomic E-state index is 6.83. The maximum absolute atomic E-state index is 6.83. The second-order valence-corrected chi connectivity index (χ2v) is 14.5. The van der Waals surface area contributed by atoms with Crippen molar-refractivity contribution in [3.05, 3.63) is 212 Å². The smallest absolute Gasteiger partial charge is 0.145 e. The van der Waals surface area contributed by atoms with E-state index >= 15 is 0 Å². The SMILES string of the molecule is c1ccc(-c2ccc(N(c3ccc(-c4ccccc4)cc3)c3ccc(-c4ccc(-c5cccc6oc7ccccc7c56)cc4)c4oc5ccccc5c34)cc2)cc1. The average molecular weight is 730 g/mol. The summed E-state index contributed by atoms with van der Waals surface area (Å²) in [5.41, 5.74) is 15.8. The summed E-state index contributed by atoms with van der Waals surface area (Å²) >= 11 is 0. The Hall–Kier alpha value is -7.62. The van der Waals surface area contributed by atoms with Gasteiger partial charge < -0.3 is 13.7 Å². The van der Waals surface area contributed by atoms with Gasteiger partial charge in [-0.1, -0.05) is 158 Å². The van der Waals surface area contributed by atoms with Gasteiger partial charge in [-0.25, -0.2) is 0 Å². The lowest BCUT2D eigenvalue weighted by atomic mass is 9.95. The molecular weight excluding hydrogens is 695 g/mol. The van der Waals surface area contributed by atoms with E-state index in [1.54, 1.807) is 0 Å². The summed E-state index contributed by atoms with van der Waals surface area (Å²) in [6, 6.07) is 75.0. The van der Waals surface area contributed by atoms with Gasteiger partial charge >= 0.3 is 0 Å². The van der Waals surface area contributed by atoms with E-state index in [0.29, 0.717) is 0 Å². The van der Waals surface area contributed by atoms with Crippen molar-refractivity contribution in [3.8, 4) is 44.5 Å². The fraction of sp³-hybridized carbons (Fsp3) is 0. The lowest BCUT2D eigenvalue weighted by Gasteiger charge is -2.27. The molecule has 0 N–H and O–H groups in total. The zero-order valence-corrected chi connectivity index (χ0v) is 31.0. The Balaban J connectivity index is 1.06. The van der Waals surface area contributed by atoms with E-state index < -0.39 is 0 Å². The largest absolute Gasteiger partial charge is 0.456 e. The van der Waals surface area contributed by atoms with Crippen LogP contribution < -0.4 is 4.90 Å². The standard InChI is InChI=1S/C54H35NO2/c1-3-12-36(13-4-1)38-26-30-42(31-27-38)55(43-32-28-39(29-33-43)37-14-5-2-6-15-37)48-35-34-45(54-53(48)47-17-8-10-20-50(47)57-54)41-24-22-40(23-25-41)44-18-11-21-51-52(44)46-16-7-9-19-49(46)56-51/h1-35H. The van der Waals surface area contributed by atoms with Crippen LogP contribution in [0.15, 0.2) is 221 Å². The molecule has 11 rings (SSSR count). The van der Waals surface area contributed by atoms with Gasteiger partial charge in [0.2, 0.25) is 0 Å². The minimum atomic E-state index is 0.857. The number of anilines is 3. The molecule has 2 heterocycles. The van der Waals surface area contributed by atoms with Crippen molar-refractivity contribution in [2.75, 3.05) is 4.90 Å². The molecule has 0 saturated carbocycles. The topological polar surface area (TPSA) is 29.5 Å². The normalized spacial score (nSPS) is 11.5. The number of benzene rings is 9. The molecule has 9 aromatic carbocycles. The number of furan rings is 2. The van der Waals surface area contributed by atoms with Crippen molar-refractivity contribution in [1.29, 1.82) is 0 Å². The lowest BCUT2D eigenvalue weighted by molar-refractivity contribution is 0.669. The highest BCUT2D eigenvalue weighted by atomic mass is 16.3. The first-order chi connectivity index (χ1) is 28.3. The fourth-order valence-electron chi connectivity index (χ4n) is 8.36. The minimum Gasteiger partial charge on any atom is -0.456 e. The highest BCUT2D eigenvalue weighted by molar-refractivity contribution is 6.17. The molecular formula is C54H35NO2. The summed E-state index contributed by atoms with van der Waals surface area (Å²) in [6.07, 6.45) is 0. The zero-order valence-electron chi connectivity index (χ0n) is 31.0. The number of nitrogens with zero attached hydrogens (tertiary/aromatic N) is 1. The summed E-state index contributed by atoms with van der Waals surface area (Å²) in [7, 11) is 0. The van der Waals surface area contributed by atoms with Gasteiger partial charge in [-0.2, -0.15) is 0 Å². The fourth-order valence-corrected chi connectivity index (χ4v) is 8.36. The van der Waals surface area contributed by atoms with E-state index in [-0.39, 0.29) is 0 Å². The average Bonchev–Trinajstić information content (AvgIpc) is 3.87. The molecule has 0 fully saturated rings. The first-order valence-electron chi connectivity index (χ1n) is 19.3. The van der Waals surface area contributed by atoms with Gasteiger partial charge in [0.1, 0.15) is 22.3 Å². The van der Waals surface area contributed by atoms with Gasteiger partial charge in [0.05, 0.1) is 11.1 Å². The molecule has 57 heavy (non-hydrogen) atoms. The summed E-state index contributed by atoms with van der Waals surface area (Å²) in [5, 5.41) is 4.41. The molecule has 11 aromatic rings. The molecule has 0 unspecified atom stereocenters. The van der Waals surface area contributed by atoms with E-state index in [1.165, 1.54) is 22.3 Å². The molecule has 0 aliphatic rings. The Labute approximate surface area is 330 Å². The van der Waals surface area contributed by atoms with E-state index in [0.717, 1.165) is 83.2 Å². The van der Waals surface area contributed by atoms with Crippen LogP contribution >= 0.6 is 0 Å². The van der Waals surface area contributed by atoms with Gasteiger partial charge in [-0.3, -0.25) is 0 Å². The van der Waals surface area contributed by atoms with Gasteiger partial charge in [-0.05, 0) is 93.5 Å². The number of para-hydroxylation sites is 2. The molecule has 3 heteroatoms. The molecule has 0 atom stereocenters. The molecule has 0 radical (unpaired) electrons. The number of hydrogen-bond donors (Lipinski definition) is 0. The Morgan fingerprint density at radius 2 is 0.737 bits per heavy atom. The number of rotatable bonds is 7. The Morgan fingerprint density at radius 3 is 1.33 bits per heavy atom. The van der Waals surface area contributed by atoms with E-state index in [9.17, 15) is 0 Å². The maximum Gasteiger partial charge on any atom is 0.145 e. The second kappa shape index (κ2) is 13.6. The lowest BCUT2D eigenvalue weighted by Crippen LogP contribution is -2.10. The van der Waals surface area contributed by atoms with Crippen LogP contribution in [0.3, 0.4) is 0 Å². The van der Waals surface area contributed by atoms with Crippen LogP contribution in [-0.2, 0) is 0 Å². The number of fused-ring (bicyclic) bond motifs is 6. The predicted octanol–water partition coefficient (Wildman–Crippen LogP) is 15.6. The third-order valence-corrected chi connectivity index (χ3v) is 11.1. The second-order valence-electron chi connectivity index (χ2n) is 14.5. The Bertz CT molecular complexity index is 3110. The van der Waals surface area contributed by atoms with Crippen molar-refractivity contribution in [2.45, 2.75) is 0 Å². The van der Waals surface area contributed by atoms with Crippen LogP contribution in [0, 0.1) is 0 Å². The first-order valence-corrected chi connectivity index (χ1v) is 19.3. The molecule has 0 aliphatic carbocycles. The van der Waals surface area contributed by atoms with E-state index in [1.807, 2.05) is 24.3 Å². The van der Waals surface area contributed by atoms with Gasteiger partial charge in [-0.15, -0.1) is 0 Å². The van der Waals surface area contributed by atoms with Crippen molar-refractivity contribution in [1.82, 2.24) is 0 Å². The molecule has 268 valence electrons. The molecule has 0 bridgehead atoms. The highest BCUT2D eigenvalue weighted by Gasteiger charge is 2.23. The summed E-state index contributed by atoms with van der Waals surface area (Å²) < 4.78 is 13.0. The third-order valence-electron chi connectivity index (χ3n) is 11.1. The molecule has 0 aliphatic heterocycles. The van der Waals surface area contributed by atoms with Crippen molar-refractivity contribution < 1.29 is 8.83 Å². The molecule has 0 saturated heterocycles. The monoisotopic (exact) mass is 729 g/mol. The molecule has 0 spiro atoms. The van der Waals surface area contributed by atoms with Crippen molar-refractivity contribution >= 4 is 60.9 Å². The van der Waals surface area contributed by atoms with Gasteiger partial charge in [0.15, 0.2) is 0 Å². The third kappa shape index (κ3) is 5.68. The van der Waals surface area contributed by atoms with Crippen LogP contribution in [0.4, 0.5) is 17.1 Å². The van der Waals surface area contributed by atoms with Crippen LogP contribution in [0.1, 0.15) is 0 Å². The van der Waals surface area contributed by atoms with Crippen LogP contribution in [0.5, 0.6) is 0 Å². The highest BCUT2D eigenvalue weighted by Crippen LogP contribution is 2.47. The zero-order chi connectivity index (χ0) is 37.7. The van der Waals surface area contributed by atoms with Gasteiger partial charge in [0.25, 0.3) is 0 Å². The molecule has 3 nitrogen and oxygen atoms in total. The van der Waals surface area contributed by atoms with E-state index in [4.69, 9.17) is 8.83 Å². The van der Waals surface area contributed by atoms with E-state index in [2.05, 4.69) is 193 Å². The summed E-state index contributed by atoms with van der Waals surface area (Å²) in [4.78, 5) is 2.36. The van der Waals surface area contributed by atoms with Crippen molar-refractivity contribution in [2.24, 2.45) is 0 Å². The summed E-state index contributed by atoms with van der Waals surface area (Å²) in [6.45, 7) is 0. The van der Waals surface area contributed by atoms with Crippen LogP contribution in [-0.4, -0.2) is 0 Å². The molecule has 2 aromatic heterocycles. The van der Waals surface area contributed by atoms with Gasteiger partial charge in [0, 0.05) is 33.1 Å².